The van der Waals surface area contributed by atoms with E-state index in [2.05, 4.69) is 27.2 Å². The third-order valence-electron chi connectivity index (χ3n) is 1.74. The SMILES string of the molecule is C#CCCCNc1cc(Br)ccc1Cl. The van der Waals surface area contributed by atoms with Gasteiger partial charge in [-0.05, 0) is 24.6 Å². The summed E-state index contributed by atoms with van der Waals surface area (Å²) in [7, 11) is 0. The maximum atomic E-state index is 5.99. The van der Waals surface area contributed by atoms with Gasteiger partial charge in [0.25, 0.3) is 0 Å². The van der Waals surface area contributed by atoms with Crippen LogP contribution in [-0.4, -0.2) is 6.54 Å². The van der Waals surface area contributed by atoms with Crippen LogP contribution in [-0.2, 0) is 0 Å². The highest BCUT2D eigenvalue weighted by atomic mass is 79.9. The van der Waals surface area contributed by atoms with Crippen LogP contribution in [0.15, 0.2) is 22.7 Å². The second-order valence-corrected chi connectivity index (χ2v) is 4.18. The van der Waals surface area contributed by atoms with E-state index in [1.807, 2.05) is 18.2 Å². The van der Waals surface area contributed by atoms with E-state index >= 15 is 0 Å². The van der Waals surface area contributed by atoms with Gasteiger partial charge in [-0.2, -0.15) is 0 Å². The quantitative estimate of drug-likeness (QED) is 0.647. The molecule has 0 aliphatic heterocycles. The molecule has 0 amide bonds. The first-order valence-corrected chi connectivity index (χ1v) is 5.53. The molecule has 1 nitrogen and oxygen atoms in total. The van der Waals surface area contributed by atoms with Gasteiger partial charge in [-0.25, -0.2) is 0 Å². The van der Waals surface area contributed by atoms with Crippen molar-refractivity contribution in [2.45, 2.75) is 12.8 Å². The molecular weight excluding hydrogens is 261 g/mol. The Morgan fingerprint density at radius 3 is 3.00 bits per heavy atom. The van der Waals surface area contributed by atoms with E-state index in [0.29, 0.717) is 0 Å². The highest BCUT2D eigenvalue weighted by molar-refractivity contribution is 9.10. The summed E-state index contributed by atoms with van der Waals surface area (Å²) in [5.74, 6) is 2.60. The lowest BCUT2D eigenvalue weighted by Gasteiger charge is -2.07. The Labute approximate surface area is 98.0 Å². The monoisotopic (exact) mass is 271 g/mol. The summed E-state index contributed by atoms with van der Waals surface area (Å²) in [4.78, 5) is 0. The Morgan fingerprint density at radius 1 is 1.50 bits per heavy atom. The van der Waals surface area contributed by atoms with Crippen molar-refractivity contribution < 1.29 is 0 Å². The molecule has 14 heavy (non-hydrogen) atoms. The largest absolute Gasteiger partial charge is 0.384 e. The lowest BCUT2D eigenvalue weighted by Crippen LogP contribution is -2.01. The molecule has 0 aromatic heterocycles. The highest BCUT2D eigenvalue weighted by Gasteiger charge is 1.99. The molecule has 0 saturated carbocycles. The first kappa shape index (κ1) is 11.4. The molecule has 3 heteroatoms. The second-order valence-electron chi connectivity index (χ2n) is 2.86. The Hall–Kier alpha value is -0.650. The Bertz CT molecular complexity index is 344. The van der Waals surface area contributed by atoms with Gasteiger partial charge in [-0.3, -0.25) is 0 Å². The molecular formula is C11H11BrClN. The molecule has 1 N–H and O–H groups in total. The fourth-order valence-electron chi connectivity index (χ4n) is 1.05. The first-order valence-electron chi connectivity index (χ1n) is 4.36. The smallest absolute Gasteiger partial charge is 0.0638 e. The van der Waals surface area contributed by atoms with Crippen LogP contribution in [0.3, 0.4) is 0 Å². The summed E-state index contributed by atoms with van der Waals surface area (Å²) < 4.78 is 1.02. The molecule has 74 valence electrons. The summed E-state index contributed by atoms with van der Waals surface area (Å²) in [6.07, 6.45) is 6.90. The van der Waals surface area contributed by atoms with Crippen molar-refractivity contribution in [1.82, 2.24) is 0 Å². The molecule has 0 fully saturated rings. The Balaban J connectivity index is 2.50. The van der Waals surface area contributed by atoms with E-state index in [-0.39, 0.29) is 0 Å². The van der Waals surface area contributed by atoms with Gasteiger partial charge >= 0.3 is 0 Å². The fraction of sp³-hybridized carbons (Fsp3) is 0.273. The molecule has 1 aromatic rings. The van der Waals surface area contributed by atoms with Crippen LogP contribution >= 0.6 is 27.5 Å². The van der Waals surface area contributed by atoms with Gasteiger partial charge in [0.05, 0.1) is 10.7 Å². The first-order chi connectivity index (χ1) is 6.74. The second kappa shape index (κ2) is 5.95. The minimum Gasteiger partial charge on any atom is -0.384 e. The molecule has 0 radical (unpaired) electrons. The Morgan fingerprint density at radius 2 is 2.29 bits per heavy atom. The zero-order valence-corrected chi connectivity index (χ0v) is 10.0. The van der Waals surface area contributed by atoms with Gasteiger partial charge < -0.3 is 5.32 Å². The molecule has 0 spiro atoms. The van der Waals surface area contributed by atoms with Crippen molar-refractivity contribution in [3.05, 3.63) is 27.7 Å². The molecule has 0 bridgehead atoms. The molecule has 0 heterocycles. The number of terminal acetylenes is 1. The molecule has 0 unspecified atom stereocenters. The van der Waals surface area contributed by atoms with E-state index < -0.39 is 0 Å². The predicted molar refractivity (Wildman–Crippen MR) is 65.7 cm³/mol. The lowest BCUT2D eigenvalue weighted by molar-refractivity contribution is 0.907. The van der Waals surface area contributed by atoms with Gasteiger partial charge in [0.1, 0.15) is 0 Å². The van der Waals surface area contributed by atoms with Crippen molar-refractivity contribution in [2.75, 3.05) is 11.9 Å². The molecule has 1 rings (SSSR count). The average Bonchev–Trinajstić information content (AvgIpc) is 2.18. The van der Waals surface area contributed by atoms with Crippen LogP contribution in [0.4, 0.5) is 5.69 Å². The van der Waals surface area contributed by atoms with Gasteiger partial charge in [-0.15, -0.1) is 12.3 Å². The van der Waals surface area contributed by atoms with Crippen LogP contribution in [0.25, 0.3) is 0 Å². The van der Waals surface area contributed by atoms with E-state index in [9.17, 15) is 0 Å². The molecule has 0 aliphatic rings. The van der Waals surface area contributed by atoms with Gasteiger partial charge in [0.15, 0.2) is 0 Å². The van der Waals surface area contributed by atoms with E-state index in [1.165, 1.54) is 0 Å². The number of halogens is 2. The molecule has 1 aromatic carbocycles. The van der Waals surface area contributed by atoms with Crippen molar-refractivity contribution in [1.29, 1.82) is 0 Å². The van der Waals surface area contributed by atoms with Crippen molar-refractivity contribution in [2.24, 2.45) is 0 Å². The van der Waals surface area contributed by atoms with Crippen LogP contribution in [0.2, 0.25) is 5.02 Å². The normalized spacial score (nSPS) is 9.50. The number of rotatable bonds is 4. The minimum atomic E-state index is 0.730. The van der Waals surface area contributed by atoms with Crippen molar-refractivity contribution in [3.8, 4) is 12.3 Å². The standard InChI is InChI=1S/C11H11BrClN/c1-2-3-4-7-14-11-8-9(12)5-6-10(11)13/h1,5-6,8,14H,3-4,7H2. The summed E-state index contributed by atoms with van der Waals surface area (Å²) in [5, 5.41) is 3.96. The van der Waals surface area contributed by atoms with Crippen LogP contribution in [0.1, 0.15) is 12.8 Å². The molecule has 0 saturated heterocycles. The van der Waals surface area contributed by atoms with E-state index in [0.717, 1.165) is 34.6 Å². The predicted octanol–water partition coefficient (Wildman–Crippen LogP) is 3.93. The van der Waals surface area contributed by atoms with Gasteiger partial charge in [0, 0.05) is 17.4 Å². The molecule has 0 aliphatic carbocycles. The van der Waals surface area contributed by atoms with Crippen molar-refractivity contribution in [3.63, 3.8) is 0 Å². The minimum absolute atomic E-state index is 0.730. The number of hydrogen-bond acceptors (Lipinski definition) is 1. The lowest BCUT2D eigenvalue weighted by atomic mass is 10.3. The summed E-state index contributed by atoms with van der Waals surface area (Å²) in [6.45, 7) is 0.848. The summed E-state index contributed by atoms with van der Waals surface area (Å²) in [5.41, 5.74) is 0.943. The van der Waals surface area contributed by atoms with Gasteiger partial charge in [0.2, 0.25) is 0 Å². The number of benzene rings is 1. The highest BCUT2D eigenvalue weighted by Crippen LogP contribution is 2.25. The number of nitrogens with one attached hydrogen (secondary N) is 1. The number of hydrogen-bond donors (Lipinski definition) is 1. The maximum Gasteiger partial charge on any atom is 0.0638 e. The van der Waals surface area contributed by atoms with Gasteiger partial charge in [-0.1, -0.05) is 27.5 Å². The third-order valence-corrected chi connectivity index (χ3v) is 2.56. The Kier molecular flexibility index (Phi) is 4.86. The van der Waals surface area contributed by atoms with E-state index in [4.69, 9.17) is 18.0 Å². The van der Waals surface area contributed by atoms with Crippen LogP contribution in [0, 0.1) is 12.3 Å². The van der Waals surface area contributed by atoms with E-state index in [1.54, 1.807) is 0 Å². The number of unbranched alkanes of at least 4 members (excludes halogenated alkanes) is 1. The maximum absolute atomic E-state index is 5.99. The third kappa shape index (κ3) is 3.61. The van der Waals surface area contributed by atoms with Crippen LogP contribution in [0.5, 0.6) is 0 Å². The topological polar surface area (TPSA) is 12.0 Å². The zero-order chi connectivity index (χ0) is 10.4. The van der Waals surface area contributed by atoms with Crippen LogP contribution < -0.4 is 5.32 Å². The van der Waals surface area contributed by atoms with Crippen molar-refractivity contribution >= 4 is 33.2 Å². The summed E-state index contributed by atoms with van der Waals surface area (Å²) in [6, 6.07) is 5.72. The fourth-order valence-corrected chi connectivity index (χ4v) is 1.59. The summed E-state index contributed by atoms with van der Waals surface area (Å²) >= 11 is 9.37. The number of anilines is 1. The zero-order valence-electron chi connectivity index (χ0n) is 7.69. The molecule has 0 atom stereocenters. The average molecular weight is 273 g/mol.